The van der Waals surface area contributed by atoms with Crippen LogP contribution in [0.3, 0.4) is 0 Å². The van der Waals surface area contributed by atoms with Gasteiger partial charge in [-0.1, -0.05) is 17.7 Å². The van der Waals surface area contributed by atoms with E-state index in [9.17, 15) is 4.79 Å². The lowest BCUT2D eigenvalue weighted by molar-refractivity contribution is 0.0311. The molecule has 2 fully saturated rings. The molecule has 2 heterocycles. The Morgan fingerprint density at radius 1 is 1.00 bits per heavy atom. The molecule has 0 radical (unpaired) electrons. The zero-order valence-corrected chi connectivity index (χ0v) is 15.5. The van der Waals surface area contributed by atoms with Crippen molar-refractivity contribution in [2.24, 2.45) is 0 Å². The lowest BCUT2D eigenvalue weighted by Crippen LogP contribution is -2.51. The van der Waals surface area contributed by atoms with Gasteiger partial charge < -0.3 is 15.0 Å². The van der Waals surface area contributed by atoms with Gasteiger partial charge in [0.15, 0.2) is 0 Å². The second kappa shape index (κ2) is 8.65. The van der Waals surface area contributed by atoms with Crippen molar-refractivity contribution in [1.29, 1.82) is 0 Å². The van der Waals surface area contributed by atoms with E-state index in [1.165, 1.54) is 5.56 Å². The van der Waals surface area contributed by atoms with Crippen LogP contribution >= 0.6 is 0 Å². The Morgan fingerprint density at radius 2 is 1.64 bits per heavy atom. The summed E-state index contributed by atoms with van der Waals surface area (Å²) in [6.07, 6.45) is 0. The minimum absolute atomic E-state index is 0.0137. The number of benzene rings is 1. The molecule has 25 heavy (non-hydrogen) atoms. The van der Waals surface area contributed by atoms with E-state index in [0.717, 1.165) is 76.8 Å². The van der Waals surface area contributed by atoms with E-state index in [4.69, 9.17) is 4.74 Å². The van der Waals surface area contributed by atoms with Crippen LogP contribution in [0.1, 0.15) is 11.1 Å². The molecule has 0 unspecified atom stereocenters. The standard InChI is InChI=1S/C19H30N4O2/c1-16-3-4-18(17(2)15-16)20-19(24)23-9-7-21(8-10-23)5-6-22-11-13-25-14-12-22/h3-4,15H,5-14H2,1-2H3,(H,20,24). The molecular weight excluding hydrogens is 316 g/mol. The molecule has 6 nitrogen and oxygen atoms in total. The Labute approximate surface area is 150 Å². The predicted molar refractivity (Wildman–Crippen MR) is 100 cm³/mol. The Bertz CT molecular complexity index is 579. The smallest absolute Gasteiger partial charge is 0.321 e. The average Bonchev–Trinajstić information content (AvgIpc) is 2.63. The summed E-state index contributed by atoms with van der Waals surface area (Å²) in [5, 5.41) is 3.05. The second-order valence-corrected chi connectivity index (χ2v) is 7.03. The molecule has 0 bridgehead atoms. The zero-order valence-electron chi connectivity index (χ0n) is 15.5. The topological polar surface area (TPSA) is 48.1 Å². The summed E-state index contributed by atoms with van der Waals surface area (Å²) < 4.78 is 5.39. The lowest BCUT2D eigenvalue weighted by Gasteiger charge is -2.36. The maximum Gasteiger partial charge on any atom is 0.321 e. The highest BCUT2D eigenvalue weighted by Gasteiger charge is 2.22. The maximum absolute atomic E-state index is 12.5. The Kier molecular flexibility index (Phi) is 6.29. The van der Waals surface area contributed by atoms with Crippen molar-refractivity contribution < 1.29 is 9.53 Å². The van der Waals surface area contributed by atoms with E-state index >= 15 is 0 Å². The molecule has 2 saturated heterocycles. The minimum atomic E-state index is 0.0137. The third-order valence-electron chi connectivity index (χ3n) is 5.12. The summed E-state index contributed by atoms with van der Waals surface area (Å²) in [5.74, 6) is 0. The van der Waals surface area contributed by atoms with Crippen molar-refractivity contribution in [2.75, 3.05) is 70.9 Å². The van der Waals surface area contributed by atoms with Gasteiger partial charge in [0.05, 0.1) is 13.2 Å². The molecule has 1 N–H and O–H groups in total. The number of urea groups is 1. The second-order valence-electron chi connectivity index (χ2n) is 7.03. The number of hydrogen-bond acceptors (Lipinski definition) is 4. The van der Waals surface area contributed by atoms with E-state index in [0.29, 0.717) is 0 Å². The van der Waals surface area contributed by atoms with Gasteiger partial charge in [-0.25, -0.2) is 4.79 Å². The van der Waals surface area contributed by atoms with E-state index in [1.54, 1.807) is 0 Å². The third kappa shape index (κ3) is 5.17. The largest absolute Gasteiger partial charge is 0.379 e. The fraction of sp³-hybridized carbons (Fsp3) is 0.632. The first-order chi connectivity index (χ1) is 12.1. The van der Waals surface area contributed by atoms with Gasteiger partial charge >= 0.3 is 6.03 Å². The van der Waals surface area contributed by atoms with Crippen LogP contribution in [0.2, 0.25) is 0 Å². The first-order valence-electron chi connectivity index (χ1n) is 9.27. The number of morpholine rings is 1. The quantitative estimate of drug-likeness (QED) is 0.903. The SMILES string of the molecule is Cc1ccc(NC(=O)N2CCN(CCN3CCOCC3)CC2)c(C)c1. The highest BCUT2D eigenvalue weighted by Crippen LogP contribution is 2.17. The van der Waals surface area contributed by atoms with Gasteiger partial charge in [0.2, 0.25) is 0 Å². The zero-order chi connectivity index (χ0) is 17.6. The first-order valence-corrected chi connectivity index (χ1v) is 9.27. The maximum atomic E-state index is 12.5. The van der Waals surface area contributed by atoms with Gasteiger partial charge in [-0.2, -0.15) is 0 Å². The third-order valence-corrected chi connectivity index (χ3v) is 5.12. The van der Waals surface area contributed by atoms with E-state index in [2.05, 4.69) is 28.1 Å². The van der Waals surface area contributed by atoms with Gasteiger partial charge in [-0.15, -0.1) is 0 Å². The molecule has 3 rings (SSSR count). The van der Waals surface area contributed by atoms with Crippen molar-refractivity contribution in [3.05, 3.63) is 29.3 Å². The first kappa shape index (κ1) is 18.2. The Morgan fingerprint density at radius 3 is 2.28 bits per heavy atom. The molecule has 2 aliphatic rings. The molecule has 0 spiro atoms. The number of hydrogen-bond donors (Lipinski definition) is 1. The summed E-state index contributed by atoms with van der Waals surface area (Å²) in [5.41, 5.74) is 3.23. The summed E-state index contributed by atoms with van der Waals surface area (Å²) in [6, 6.07) is 6.13. The van der Waals surface area contributed by atoms with Crippen LogP contribution in [0.15, 0.2) is 18.2 Å². The highest BCUT2D eigenvalue weighted by molar-refractivity contribution is 5.90. The molecule has 6 heteroatoms. The number of nitrogens with one attached hydrogen (secondary N) is 1. The van der Waals surface area contributed by atoms with Gasteiger partial charge in [-0.3, -0.25) is 9.80 Å². The molecule has 2 amide bonds. The van der Waals surface area contributed by atoms with E-state index < -0.39 is 0 Å². The van der Waals surface area contributed by atoms with Crippen molar-refractivity contribution in [1.82, 2.24) is 14.7 Å². The number of piperazine rings is 1. The van der Waals surface area contributed by atoms with Crippen LogP contribution < -0.4 is 5.32 Å². The summed E-state index contributed by atoms with van der Waals surface area (Å²) >= 11 is 0. The van der Waals surface area contributed by atoms with Crippen LogP contribution in [-0.4, -0.2) is 86.3 Å². The van der Waals surface area contributed by atoms with Crippen LogP contribution in [0.4, 0.5) is 10.5 Å². The average molecular weight is 346 g/mol. The van der Waals surface area contributed by atoms with Crippen LogP contribution in [0, 0.1) is 13.8 Å². The Hall–Kier alpha value is -1.63. The fourth-order valence-electron chi connectivity index (χ4n) is 3.43. The number of anilines is 1. The molecular formula is C19H30N4O2. The molecule has 2 aliphatic heterocycles. The van der Waals surface area contributed by atoms with Crippen LogP contribution in [0.5, 0.6) is 0 Å². The van der Waals surface area contributed by atoms with Crippen molar-refractivity contribution in [3.63, 3.8) is 0 Å². The monoisotopic (exact) mass is 346 g/mol. The molecule has 1 aromatic carbocycles. The number of nitrogens with zero attached hydrogens (tertiary/aromatic N) is 3. The van der Waals surface area contributed by atoms with E-state index in [-0.39, 0.29) is 6.03 Å². The lowest BCUT2D eigenvalue weighted by atomic mass is 10.1. The summed E-state index contributed by atoms with van der Waals surface area (Å²) in [7, 11) is 0. The number of ether oxygens (including phenoxy) is 1. The Balaban J connectivity index is 1.41. The van der Waals surface area contributed by atoms with Gasteiger partial charge in [0.1, 0.15) is 0 Å². The number of carbonyl (C=O) groups excluding carboxylic acids is 1. The number of rotatable bonds is 4. The van der Waals surface area contributed by atoms with Gasteiger partial charge in [0.25, 0.3) is 0 Å². The van der Waals surface area contributed by atoms with Gasteiger partial charge in [-0.05, 0) is 25.5 Å². The van der Waals surface area contributed by atoms with Gasteiger partial charge in [0, 0.05) is 58.0 Å². The summed E-state index contributed by atoms with van der Waals surface area (Å²) in [4.78, 5) is 19.3. The van der Waals surface area contributed by atoms with Crippen LogP contribution in [-0.2, 0) is 4.74 Å². The minimum Gasteiger partial charge on any atom is -0.379 e. The van der Waals surface area contributed by atoms with E-state index in [1.807, 2.05) is 24.0 Å². The predicted octanol–water partition coefficient (Wildman–Crippen LogP) is 1.79. The number of amides is 2. The molecule has 0 aromatic heterocycles. The van der Waals surface area contributed by atoms with Crippen LogP contribution in [0.25, 0.3) is 0 Å². The van der Waals surface area contributed by atoms with Crippen molar-refractivity contribution in [2.45, 2.75) is 13.8 Å². The molecule has 0 aliphatic carbocycles. The molecule has 0 atom stereocenters. The number of carbonyl (C=O) groups is 1. The number of aryl methyl sites for hydroxylation is 2. The molecule has 0 saturated carbocycles. The fourth-order valence-corrected chi connectivity index (χ4v) is 3.43. The molecule has 138 valence electrons. The van der Waals surface area contributed by atoms with Crippen molar-refractivity contribution in [3.8, 4) is 0 Å². The molecule has 1 aromatic rings. The van der Waals surface area contributed by atoms with Crippen molar-refractivity contribution >= 4 is 11.7 Å². The summed E-state index contributed by atoms with van der Waals surface area (Å²) in [6.45, 7) is 13.5. The normalized spacial score (nSPS) is 19.8. The highest BCUT2D eigenvalue weighted by atomic mass is 16.5.